The van der Waals surface area contributed by atoms with Gasteiger partial charge >= 0.3 is 0 Å². The van der Waals surface area contributed by atoms with E-state index in [0.717, 1.165) is 11.1 Å². The monoisotopic (exact) mass is 276 g/mol. The summed E-state index contributed by atoms with van der Waals surface area (Å²) in [5.74, 6) is 1.81. The van der Waals surface area contributed by atoms with Crippen LogP contribution in [0.15, 0.2) is 0 Å². The van der Waals surface area contributed by atoms with Gasteiger partial charge in [0.05, 0.1) is 0 Å². The van der Waals surface area contributed by atoms with E-state index in [0.29, 0.717) is 5.92 Å². The maximum absolute atomic E-state index is 5.56. The van der Waals surface area contributed by atoms with Gasteiger partial charge in [0.15, 0.2) is 0 Å². The van der Waals surface area contributed by atoms with Crippen molar-refractivity contribution in [1.29, 1.82) is 0 Å². The highest BCUT2D eigenvalue weighted by Gasteiger charge is 2.19. The van der Waals surface area contributed by atoms with E-state index in [1.54, 1.807) is 0 Å². The van der Waals surface area contributed by atoms with Crippen molar-refractivity contribution < 1.29 is 0 Å². The van der Waals surface area contributed by atoms with E-state index in [9.17, 15) is 0 Å². The van der Waals surface area contributed by atoms with Crippen molar-refractivity contribution in [3.8, 4) is 0 Å². The van der Waals surface area contributed by atoms with Crippen molar-refractivity contribution in [1.82, 2.24) is 9.97 Å². The van der Waals surface area contributed by atoms with E-state index in [1.165, 1.54) is 81.3 Å². The summed E-state index contributed by atoms with van der Waals surface area (Å²) in [6, 6.07) is 0. The largest absolute Gasteiger partial charge is 0.347 e. The molecule has 1 N–H and O–H groups in total. The topological polar surface area (TPSA) is 28.7 Å². The van der Waals surface area contributed by atoms with Crippen LogP contribution in [0.25, 0.3) is 0 Å². The number of H-pyrrole nitrogens is 1. The van der Waals surface area contributed by atoms with Gasteiger partial charge in [-0.2, -0.15) is 0 Å². The van der Waals surface area contributed by atoms with E-state index in [4.69, 9.17) is 17.2 Å². The standard InChI is InChI=1S/C16H24N2S/c19-16-13-10-6-3-7-11-14(13)17-15(18-16)12-8-4-1-2-5-9-12/h12H,1-11H2,(H,17,18,19). The molecule has 0 atom stereocenters. The van der Waals surface area contributed by atoms with Crippen LogP contribution >= 0.6 is 12.2 Å². The van der Waals surface area contributed by atoms with Crippen LogP contribution in [0, 0.1) is 4.64 Å². The van der Waals surface area contributed by atoms with Crippen molar-refractivity contribution >= 4 is 12.2 Å². The van der Waals surface area contributed by atoms with Gasteiger partial charge in [0, 0.05) is 17.2 Å². The first-order chi connectivity index (χ1) is 9.34. The van der Waals surface area contributed by atoms with Gasteiger partial charge in [-0.3, -0.25) is 0 Å². The third kappa shape index (κ3) is 3.07. The second-order valence-electron chi connectivity index (χ2n) is 6.13. The van der Waals surface area contributed by atoms with Crippen LogP contribution in [0.5, 0.6) is 0 Å². The molecule has 2 aliphatic carbocycles. The van der Waals surface area contributed by atoms with Crippen LogP contribution in [0.1, 0.15) is 80.8 Å². The Hall–Kier alpha value is -0.700. The summed E-state index contributed by atoms with van der Waals surface area (Å²) < 4.78 is 0.884. The van der Waals surface area contributed by atoms with Crippen LogP contribution in [0.3, 0.4) is 0 Å². The molecule has 0 unspecified atom stereocenters. The van der Waals surface area contributed by atoms with Gasteiger partial charge in [-0.05, 0) is 38.5 Å². The summed E-state index contributed by atoms with van der Waals surface area (Å²) in [5, 5.41) is 0. The van der Waals surface area contributed by atoms with Crippen molar-refractivity contribution in [3.63, 3.8) is 0 Å². The molecule has 1 aromatic heterocycles. The summed E-state index contributed by atoms with van der Waals surface area (Å²) in [4.78, 5) is 8.42. The minimum atomic E-state index is 0.623. The Morgan fingerprint density at radius 1 is 0.895 bits per heavy atom. The lowest BCUT2D eigenvalue weighted by Crippen LogP contribution is -2.09. The van der Waals surface area contributed by atoms with E-state index in [-0.39, 0.29) is 0 Å². The van der Waals surface area contributed by atoms with Gasteiger partial charge in [0.25, 0.3) is 0 Å². The molecule has 0 saturated heterocycles. The van der Waals surface area contributed by atoms with Crippen LogP contribution in [0.2, 0.25) is 0 Å². The van der Waals surface area contributed by atoms with Crippen molar-refractivity contribution in [2.45, 2.75) is 76.5 Å². The SMILES string of the molecule is S=c1nc(C2CCCCCC2)[nH]c2c1CCCCC2. The van der Waals surface area contributed by atoms with E-state index in [1.807, 2.05) is 0 Å². The Bertz CT molecular complexity index is 484. The normalized spacial score (nSPS) is 21.5. The zero-order chi connectivity index (χ0) is 13.1. The molecule has 0 amide bonds. The average molecular weight is 276 g/mol. The Morgan fingerprint density at radius 3 is 2.37 bits per heavy atom. The maximum Gasteiger partial charge on any atom is 0.133 e. The lowest BCUT2D eigenvalue weighted by Gasteiger charge is -2.16. The zero-order valence-corrected chi connectivity index (χ0v) is 12.5. The average Bonchev–Trinajstić information content (AvgIpc) is 2.81. The number of nitrogens with zero attached hydrogens (tertiary/aromatic N) is 1. The summed E-state index contributed by atoms with van der Waals surface area (Å²) in [7, 11) is 0. The first kappa shape index (κ1) is 13.3. The molecule has 19 heavy (non-hydrogen) atoms. The van der Waals surface area contributed by atoms with Crippen LogP contribution in [-0.4, -0.2) is 9.97 Å². The molecule has 1 aromatic rings. The third-order valence-corrected chi connectivity index (χ3v) is 5.06. The first-order valence-electron chi connectivity index (χ1n) is 7.96. The number of fused-ring (bicyclic) bond motifs is 1. The predicted octanol–water partition coefficient (Wildman–Crippen LogP) is 4.85. The molecule has 0 aliphatic heterocycles. The van der Waals surface area contributed by atoms with Crippen LogP contribution < -0.4 is 0 Å². The van der Waals surface area contributed by atoms with E-state index in [2.05, 4.69) is 4.98 Å². The second-order valence-corrected chi connectivity index (χ2v) is 6.52. The fourth-order valence-electron chi connectivity index (χ4n) is 3.56. The number of nitrogens with one attached hydrogen (secondary N) is 1. The third-order valence-electron chi connectivity index (χ3n) is 4.72. The van der Waals surface area contributed by atoms with Crippen LogP contribution in [0.4, 0.5) is 0 Å². The van der Waals surface area contributed by atoms with Gasteiger partial charge in [-0.1, -0.05) is 44.3 Å². The Kier molecular flexibility index (Phi) is 4.31. The highest BCUT2D eigenvalue weighted by molar-refractivity contribution is 7.71. The minimum Gasteiger partial charge on any atom is -0.347 e. The molecule has 3 rings (SSSR count). The highest BCUT2D eigenvalue weighted by Crippen LogP contribution is 2.31. The molecule has 0 spiro atoms. The van der Waals surface area contributed by atoms with Gasteiger partial charge in [-0.25, -0.2) is 4.98 Å². The molecule has 1 fully saturated rings. The molecule has 0 aromatic carbocycles. The van der Waals surface area contributed by atoms with Crippen molar-refractivity contribution in [3.05, 3.63) is 21.7 Å². The lowest BCUT2D eigenvalue weighted by atomic mass is 9.99. The number of aromatic amines is 1. The molecule has 0 bridgehead atoms. The van der Waals surface area contributed by atoms with Gasteiger partial charge in [0.1, 0.15) is 10.5 Å². The summed E-state index contributed by atoms with van der Waals surface area (Å²) in [6.45, 7) is 0. The molecular weight excluding hydrogens is 252 g/mol. The maximum atomic E-state index is 5.56. The highest BCUT2D eigenvalue weighted by atomic mass is 32.1. The number of aromatic nitrogens is 2. The van der Waals surface area contributed by atoms with Crippen LogP contribution in [-0.2, 0) is 12.8 Å². The van der Waals surface area contributed by atoms with E-state index < -0.39 is 0 Å². The number of hydrogen-bond donors (Lipinski definition) is 1. The smallest absolute Gasteiger partial charge is 0.133 e. The molecule has 2 nitrogen and oxygen atoms in total. The lowest BCUT2D eigenvalue weighted by molar-refractivity contribution is 0.555. The molecule has 3 heteroatoms. The molecule has 1 heterocycles. The zero-order valence-electron chi connectivity index (χ0n) is 11.7. The summed E-state index contributed by atoms with van der Waals surface area (Å²) >= 11 is 5.56. The molecule has 0 radical (unpaired) electrons. The summed E-state index contributed by atoms with van der Waals surface area (Å²) in [5.41, 5.74) is 2.74. The molecular formula is C16H24N2S. The second kappa shape index (κ2) is 6.17. The Balaban J connectivity index is 1.92. The van der Waals surface area contributed by atoms with Crippen molar-refractivity contribution in [2.24, 2.45) is 0 Å². The first-order valence-corrected chi connectivity index (χ1v) is 8.37. The van der Waals surface area contributed by atoms with E-state index >= 15 is 0 Å². The predicted molar refractivity (Wildman–Crippen MR) is 81.1 cm³/mol. The van der Waals surface area contributed by atoms with Gasteiger partial charge in [-0.15, -0.1) is 0 Å². The Labute approximate surface area is 121 Å². The van der Waals surface area contributed by atoms with Gasteiger partial charge < -0.3 is 4.98 Å². The fourth-order valence-corrected chi connectivity index (χ4v) is 3.89. The number of rotatable bonds is 1. The molecule has 2 aliphatic rings. The fraction of sp³-hybridized carbons (Fsp3) is 0.750. The van der Waals surface area contributed by atoms with Crippen molar-refractivity contribution in [2.75, 3.05) is 0 Å². The number of aryl methyl sites for hydroxylation is 1. The Morgan fingerprint density at radius 2 is 1.58 bits per heavy atom. The minimum absolute atomic E-state index is 0.623. The molecule has 104 valence electrons. The quantitative estimate of drug-likeness (QED) is 0.451. The molecule has 1 saturated carbocycles. The van der Waals surface area contributed by atoms with Gasteiger partial charge in [0.2, 0.25) is 0 Å². The summed E-state index contributed by atoms with van der Waals surface area (Å²) in [6.07, 6.45) is 14.3. The number of hydrogen-bond acceptors (Lipinski definition) is 2.